The van der Waals surface area contributed by atoms with E-state index in [0.29, 0.717) is 19.6 Å². The molecule has 0 aromatic heterocycles. The van der Waals surface area contributed by atoms with Gasteiger partial charge in [-0.25, -0.2) is 4.79 Å². The molecule has 0 radical (unpaired) electrons. The second-order valence-electron chi connectivity index (χ2n) is 4.00. The van der Waals surface area contributed by atoms with Crippen LogP contribution in [0.15, 0.2) is 24.3 Å². The second-order valence-corrected chi connectivity index (χ2v) is 4.00. The molecule has 1 aromatic carbocycles. The average molecular weight is 234 g/mol. The first-order valence-corrected chi connectivity index (χ1v) is 5.47. The number of carboxylic acid groups (broad SMARTS) is 1. The summed E-state index contributed by atoms with van der Waals surface area (Å²) in [5.41, 5.74) is 1.10. The highest BCUT2D eigenvalue weighted by Gasteiger charge is 2.17. The molecular formula is C12H14N2O3. The van der Waals surface area contributed by atoms with Crippen molar-refractivity contribution < 1.29 is 14.7 Å². The van der Waals surface area contributed by atoms with E-state index < -0.39 is 5.97 Å². The summed E-state index contributed by atoms with van der Waals surface area (Å²) < 4.78 is 0. The number of nitrogens with one attached hydrogen (secondary N) is 1. The summed E-state index contributed by atoms with van der Waals surface area (Å²) >= 11 is 0. The van der Waals surface area contributed by atoms with Crippen molar-refractivity contribution in [1.82, 2.24) is 10.2 Å². The maximum Gasteiger partial charge on any atom is 0.335 e. The third kappa shape index (κ3) is 2.82. The van der Waals surface area contributed by atoms with Crippen LogP contribution in [0.4, 0.5) is 0 Å². The number of amides is 1. The van der Waals surface area contributed by atoms with Crippen LogP contribution in [0.5, 0.6) is 0 Å². The predicted octanol–water partition coefficient (Wildman–Crippen LogP) is 0.317. The first-order chi connectivity index (χ1) is 8.16. The predicted molar refractivity (Wildman–Crippen MR) is 61.7 cm³/mol. The molecule has 1 amide bonds. The summed E-state index contributed by atoms with van der Waals surface area (Å²) in [4.78, 5) is 24.1. The Morgan fingerprint density at radius 2 is 2.29 bits per heavy atom. The highest BCUT2D eigenvalue weighted by molar-refractivity contribution is 5.87. The van der Waals surface area contributed by atoms with Crippen LogP contribution in [-0.2, 0) is 11.3 Å². The quantitative estimate of drug-likeness (QED) is 0.790. The number of hydrogen-bond acceptors (Lipinski definition) is 3. The Morgan fingerprint density at radius 3 is 3.00 bits per heavy atom. The molecule has 2 rings (SSSR count). The van der Waals surface area contributed by atoms with E-state index in [-0.39, 0.29) is 11.5 Å². The van der Waals surface area contributed by atoms with E-state index in [2.05, 4.69) is 5.32 Å². The van der Waals surface area contributed by atoms with Crippen LogP contribution in [0, 0.1) is 0 Å². The molecule has 0 spiro atoms. The van der Waals surface area contributed by atoms with Gasteiger partial charge in [0.2, 0.25) is 5.91 Å². The molecule has 17 heavy (non-hydrogen) atoms. The van der Waals surface area contributed by atoms with Gasteiger partial charge in [0.1, 0.15) is 0 Å². The van der Waals surface area contributed by atoms with Gasteiger partial charge in [-0.2, -0.15) is 0 Å². The van der Waals surface area contributed by atoms with Gasteiger partial charge in [-0.3, -0.25) is 4.79 Å². The Bertz CT molecular complexity index is 445. The molecule has 1 aliphatic heterocycles. The van der Waals surface area contributed by atoms with E-state index in [1.54, 1.807) is 23.1 Å². The van der Waals surface area contributed by atoms with Crippen LogP contribution in [-0.4, -0.2) is 41.5 Å². The zero-order valence-corrected chi connectivity index (χ0v) is 9.35. The van der Waals surface area contributed by atoms with Crippen molar-refractivity contribution in [3.05, 3.63) is 35.4 Å². The Hall–Kier alpha value is -1.88. The molecule has 5 heteroatoms. The van der Waals surface area contributed by atoms with Crippen LogP contribution in [0.1, 0.15) is 15.9 Å². The lowest BCUT2D eigenvalue weighted by Crippen LogP contribution is -2.47. The molecule has 2 N–H and O–H groups in total. The van der Waals surface area contributed by atoms with Gasteiger partial charge in [0.15, 0.2) is 0 Å². The molecule has 5 nitrogen and oxygen atoms in total. The van der Waals surface area contributed by atoms with Crippen LogP contribution in [0.2, 0.25) is 0 Å². The number of carboxylic acids is 1. The van der Waals surface area contributed by atoms with Gasteiger partial charge in [0.25, 0.3) is 0 Å². The van der Waals surface area contributed by atoms with E-state index in [1.165, 1.54) is 0 Å². The summed E-state index contributed by atoms with van der Waals surface area (Å²) in [6.07, 6.45) is 0. The monoisotopic (exact) mass is 234 g/mol. The van der Waals surface area contributed by atoms with Gasteiger partial charge in [-0.05, 0) is 17.7 Å². The summed E-state index contributed by atoms with van der Waals surface area (Å²) in [6, 6.07) is 6.69. The second kappa shape index (κ2) is 4.97. The van der Waals surface area contributed by atoms with Crippen molar-refractivity contribution in [1.29, 1.82) is 0 Å². The molecule has 1 aliphatic rings. The van der Waals surface area contributed by atoms with Crippen LogP contribution < -0.4 is 5.32 Å². The number of carbonyl (C=O) groups excluding carboxylic acids is 1. The van der Waals surface area contributed by atoms with Gasteiger partial charge in [-0.15, -0.1) is 0 Å². The lowest BCUT2D eigenvalue weighted by molar-refractivity contribution is -0.132. The Morgan fingerprint density at radius 1 is 1.47 bits per heavy atom. The molecule has 0 unspecified atom stereocenters. The van der Waals surface area contributed by atoms with Crippen LogP contribution >= 0.6 is 0 Å². The largest absolute Gasteiger partial charge is 0.478 e. The number of carbonyl (C=O) groups is 2. The summed E-state index contributed by atoms with van der Waals surface area (Å²) in [6.45, 7) is 2.28. The van der Waals surface area contributed by atoms with Gasteiger partial charge in [0.05, 0.1) is 12.1 Å². The van der Waals surface area contributed by atoms with Crippen molar-refractivity contribution in [2.45, 2.75) is 6.54 Å². The fourth-order valence-corrected chi connectivity index (χ4v) is 1.84. The van der Waals surface area contributed by atoms with Crippen molar-refractivity contribution in [2.24, 2.45) is 0 Å². The SMILES string of the molecule is O=C(O)c1cccc(CN2CCNCC2=O)c1. The van der Waals surface area contributed by atoms with E-state index in [0.717, 1.165) is 12.1 Å². The van der Waals surface area contributed by atoms with Crippen molar-refractivity contribution in [3.8, 4) is 0 Å². The Labute approximate surface area is 99.0 Å². The molecule has 0 atom stereocenters. The summed E-state index contributed by atoms with van der Waals surface area (Å²) in [5, 5.41) is 11.9. The van der Waals surface area contributed by atoms with Gasteiger partial charge in [-0.1, -0.05) is 12.1 Å². The molecule has 0 saturated carbocycles. The summed E-state index contributed by atoms with van der Waals surface area (Å²) in [5.74, 6) is -0.893. The maximum atomic E-state index is 11.6. The fourth-order valence-electron chi connectivity index (χ4n) is 1.84. The van der Waals surface area contributed by atoms with E-state index in [9.17, 15) is 9.59 Å². The molecule has 90 valence electrons. The number of aromatic carboxylic acids is 1. The van der Waals surface area contributed by atoms with Crippen LogP contribution in [0.3, 0.4) is 0 Å². The molecule has 0 bridgehead atoms. The first kappa shape index (κ1) is 11.6. The van der Waals surface area contributed by atoms with Crippen molar-refractivity contribution >= 4 is 11.9 Å². The van der Waals surface area contributed by atoms with E-state index >= 15 is 0 Å². The zero-order chi connectivity index (χ0) is 12.3. The molecule has 0 aliphatic carbocycles. The van der Waals surface area contributed by atoms with Crippen molar-refractivity contribution in [3.63, 3.8) is 0 Å². The highest BCUT2D eigenvalue weighted by Crippen LogP contribution is 2.09. The van der Waals surface area contributed by atoms with Gasteiger partial charge in [0, 0.05) is 19.6 Å². The molecule has 1 saturated heterocycles. The first-order valence-electron chi connectivity index (χ1n) is 5.47. The Balaban J connectivity index is 2.09. The minimum absolute atomic E-state index is 0.0528. The number of rotatable bonds is 3. The highest BCUT2D eigenvalue weighted by atomic mass is 16.4. The standard InChI is InChI=1S/C12H14N2O3/c15-11-7-13-4-5-14(11)8-9-2-1-3-10(6-9)12(16)17/h1-3,6,13H,4-5,7-8H2,(H,16,17). The average Bonchev–Trinajstić information content (AvgIpc) is 2.32. The van der Waals surface area contributed by atoms with E-state index in [4.69, 9.17) is 5.11 Å². The van der Waals surface area contributed by atoms with Gasteiger partial charge >= 0.3 is 5.97 Å². The Kier molecular flexibility index (Phi) is 3.39. The topological polar surface area (TPSA) is 69.6 Å². The number of piperazine rings is 1. The maximum absolute atomic E-state index is 11.6. The molecule has 1 aromatic rings. The molecular weight excluding hydrogens is 220 g/mol. The molecule has 1 fully saturated rings. The third-order valence-electron chi connectivity index (χ3n) is 2.73. The number of benzene rings is 1. The van der Waals surface area contributed by atoms with Crippen molar-refractivity contribution in [2.75, 3.05) is 19.6 Å². The van der Waals surface area contributed by atoms with Crippen LogP contribution in [0.25, 0.3) is 0 Å². The number of hydrogen-bond donors (Lipinski definition) is 2. The lowest BCUT2D eigenvalue weighted by atomic mass is 10.1. The third-order valence-corrected chi connectivity index (χ3v) is 2.73. The number of nitrogens with zero attached hydrogens (tertiary/aromatic N) is 1. The fraction of sp³-hybridized carbons (Fsp3) is 0.333. The zero-order valence-electron chi connectivity index (χ0n) is 9.35. The molecule has 1 heterocycles. The normalized spacial score (nSPS) is 16.0. The minimum atomic E-state index is -0.946. The van der Waals surface area contributed by atoms with E-state index in [1.807, 2.05) is 6.07 Å². The minimum Gasteiger partial charge on any atom is -0.478 e. The summed E-state index contributed by atoms with van der Waals surface area (Å²) in [7, 11) is 0. The van der Waals surface area contributed by atoms with Gasteiger partial charge < -0.3 is 15.3 Å². The lowest BCUT2D eigenvalue weighted by Gasteiger charge is -2.27. The smallest absolute Gasteiger partial charge is 0.335 e.